The average molecular weight is 277 g/mol. The van der Waals surface area contributed by atoms with Crippen LogP contribution < -0.4 is 11.3 Å². The lowest BCUT2D eigenvalue weighted by atomic mass is 9.85. The minimum atomic E-state index is -0.283. The molecule has 1 aromatic heterocycles. The number of hydrogen-bond donors (Lipinski definition) is 2. The van der Waals surface area contributed by atoms with Gasteiger partial charge in [-0.3, -0.25) is 15.1 Å². The first-order chi connectivity index (χ1) is 9.69. The van der Waals surface area contributed by atoms with Crippen molar-refractivity contribution in [3.8, 4) is 0 Å². The van der Waals surface area contributed by atoms with Crippen LogP contribution in [0.15, 0.2) is 10.5 Å². The van der Waals surface area contributed by atoms with Gasteiger partial charge >= 0.3 is 0 Å². The van der Waals surface area contributed by atoms with Crippen LogP contribution in [0.3, 0.4) is 0 Å². The van der Waals surface area contributed by atoms with E-state index in [9.17, 15) is 4.79 Å². The number of nitrogens with zero attached hydrogens (tertiary/aromatic N) is 1. The van der Waals surface area contributed by atoms with E-state index in [0.717, 1.165) is 24.8 Å². The zero-order valence-electron chi connectivity index (χ0n) is 12.0. The number of likely N-dealkylation sites (tertiary alicyclic amines) is 1. The molecule has 3 rings (SSSR count). The normalized spacial score (nSPS) is 26.5. The Hall–Kier alpha value is -1.33. The zero-order valence-corrected chi connectivity index (χ0v) is 12.0. The van der Waals surface area contributed by atoms with Crippen LogP contribution >= 0.6 is 0 Å². The number of hydrogen-bond acceptors (Lipinski definition) is 4. The van der Waals surface area contributed by atoms with E-state index >= 15 is 0 Å². The summed E-state index contributed by atoms with van der Waals surface area (Å²) in [6.45, 7) is 3.76. The van der Waals surface area contributed by atoms with E-state index in [1.807, 2.05) is 13.0 Å². The van der Waals surface area contributed by atoms with Gasteiger partial charge in [-0.25, -0.2) is 5.84 Å². The van der Waals surface area contributed by atoms with Gasteiger partial charge in [-0.2, -0.15) is 0 Å². The monoisotopic (exact) mass is 277 g/mol. The molecule has 2 aliphatic rings. The summed E-state index contributed by atoms with van der Waals surface area (Å²) in [5, 5.41) is 0. The fourth-order valence-corrected chi connectivity index (χ4v) is 3.82. The van der Waals surface area contributed by atoms with Gasteiger partial charge in [0.05, 0.1) is 12.1 Å². The minimum Gasteiger partial charge on any atom is -0.464 e. The van der Waals surface area contributed by atoms with Crippen molar-refractivity contribution in [2.75, 3.05) is 6.54 Å². The molecule has 1 aliphatic carbocycles. The van der Waals surface area contributed by atoms with Gasteiger partial charge in [0.1, 0.15) is 11.5 Å². The summed E-state index contributed by atoms with van der Waals surface area (Å²) in [5.41, 5.74) is 2.71. The lowest BCUT2D eigenvalue weighted by Crippen LogP contribution is -2.34. The molecule has 1 aromatic rings. The molecule has 110 valence electrons. The highest BCUT2D eigenvalue weighted by Crippen LogP contribution is 2.37. The first-order valence-electron chi connectivity index (χ1n) is 7.53. The van der Waals surface area contributed by atoms with Gasteiger partial charge in [-0.15, -0.1) is 0 Å². The van der Waals surface area contributed by atoms with E-state index in [0.29, 0.717) is 17.4 Å². The van der Waals surface area contributed by atoms with Crippen molar-refractivity contribution in [1.29, 1.82) is 0 Å². The maximum Gasteiger partial charge on any atom is 0.268 e. The quantitative estimate of drug-likeness (QED) is 0.503. The van der Waals surface area contributed by atoms with Crippen molar-refractivity contribution in [1.82, 2.24) is 10.3 Å². The molecule has 3 N–H and O–H groups in total. The maximum absolute atomic E-state index is 11.6. The number of amides is 1. The molecule has 5 nitrogen and oxygen atoms in total. The highest BCUT2D eigenvalue weighted by Gasteiger charge is 2.35. The van der Waals surface area contributed by atoms with Gasteiger partial charge in [0.15, 0.2) is 0 Å². The van der Waals surface area contributed by atoms with Crippen molar-refractivity contribution in [2.45, 2.75) is 51.6 Å². The number of nitrogens with two attached hydrogens (primary N) is 1. The summed E-state index contributed by atoms with van der Waals surface area (Å²) < 4.78 is 5.72. The van der Waals surface area contributed by atoms with Gasteiger partial charge in [0, 0.05) is 6.04 Å². The highest BCUT2D eigenvalue weighted by atomic mass is 16.3. The second-order valence-corrected chi connectivity index (χ2v) is 6.03. The van der Waals surface area contributed by atoms with Crippen LogP contribution in [0.4, 0.5) is 0 Å². The molecule has 1 saturated heterocycles. The fourth-order valence-electron chi connectivity index (χ4n) is 3.82. The van der Waals surface area contributed by atoms with Crippen LogP contribution in [-0.2, 0) is 6.54 Å². The molecule has 0 spiro atoms. The summed E-state index contributed by atoms with van der Waals surface area (Å²) in [5.74, 6) is 7.27. The predicted octanol–water partition coefficient (Wildman–Crippen LogP) is 1.96. The second-order valence-electron chi connectivity index (χ2n) is 6.03. The summed E-state index contributed by atoms with van der Waals surface area (Å²) in [6, 6.07) is 2.54. The molecule has 2 unspecified atom stereocenters. The molecular formula is C15H23N3O2. The topological polar surface area (TPSA) is 71.5 Å². The Labute approximate surface area is 119 Å². The largest absolute Gasteiger partial charge is 0.464 e. The number of aryl methyl sites for hydroxylation is 1. The third kappa shape index (κ3) is 2.47. The molecule has 2 atom stereocenters. The summed E-state index contributed by atoms with van der Waals surface area (Å²) in [4.78, 5) is 14.1. The predicted molar refractivity (Wildman–Crippen MR) is 75.9 cm³/mol. The van der Waals surface area contributed by atoms with Crippen LogP contribution in [0.5, 0.6) is 0 Å². The van der Waals surface area contributed by atoms with Crippen LogP contribution in [0.2, 0.25) is 0 Å². The lowest BCUT2D eigenvalue weighted by molar-refractivity contribution is 0.0952. The zero-order chi connectivity index (χ0) is 14.1. The van der Waals surface area contributed by atoms with E-state index in [-0.39, 0.29) is 5.91 Å². The first kappa shape index (κ1) is 13.6. The second kappa shape index (κ2) is 5.58. The van der Waals surface area contributed by atoms with E-state index in [2.05, 4.69) is 10.3 Å². The van der Waals surface area contributed by atoms with Crippen molar-refractivity contribution >= 4 is 5.91 Å². The number of carbonyl (C=O) groups is 1. The molecule has 0 bridgehead atoms. The van der Waals surface area contributed by atoms with Crippen LogP contribution in [0.1, 0.15) is 54.0 Å². The summed E-state index contributed by atoms with van der Waals surface area (Å²) >= 11 is 0. The van der Waals surface area contributed by atoms with Crippen molar-refractivity contribution in [3.63, 3.8) is 0 Å². The molecule has 1 amide bonds. The molecule has 1 saturated carbocycles. The number of furan rings is 1. The summed E-state index contributed by atoms with van der Waals surface area (Å²) in [7, 11) is 0. The Kier molecular flexibility index (Phi) is 3.81. The molecule has 1 aliphatic heterocycles. The van der Waals surface area contributed by atoms with Crippen molar-refractivity contribution in [3.05, 3.63) is 23.2 Å². The Balaban J connectivity index is 1.70. The van der Waals surface area contributed by atoms with E-state index in [1.165, 1.54) is 32.1 Å². The molecule has 20 heavy (non-hydrogen) atoms. The maximum atomic E-state index is 11.6. The number of nitrogen functional groups attached to an aromatic ring is 1. The lowest BCUT2D eigenvalue weighted by Gasteiger charge is -2.31. The molecule has 2 heterocycles. The van der Waals surface area contributed by atoms with E-state index in [4.69, 9.17) is 10.3 Å². The third-order valence-corrected chi connectivity index (χ3v) is 4.83. The Morgan fingerprint density at radius 2 is 2.25 bits per heavy atom. The molecule has 5 heteroatoms. The van der Waals surface area contributed by atoms with Crippen molar-refractivity contribution in [2.24, 2.45) is 11.8 Å². The minimum absolute atomic E-state index is 0.283. The van der Waals surface area contributed by atoms with Gasteiger partial charge in [-0.1, -0.05) is 12.8 Å². The Morgan fingerprint density at radius 1 is 1.45 bits per heavy atom. The number of carbonyl (C=O) groups excluding carboxylic acids is 1. The third-order valence-electron chi connectivity index (χ3n) is 4.83. The number of nitrogens with one attached hydrogen (secondary N) is 1. The van der Waals surface area contributed by atoms with Crippen LogP contribution in [0, 0.1) is 12.8 Å². The smallest absolute Gasteiger partial charge is 0.268 e. The average Bonchev–Trinajstić information content (AvgIpc) is 3.03. The number of fused-ring (bicyclic) bond motifs is 1. The van der Waals surface area contributed by atoms with E-state index < -0.39 is 0 Å². The fraction of sp³-hybridized carbons (Fsp3) is 0.667. The molecule has 0 radical (unpaired) electrons. The Bertz CT molecular complexity index is 497. The van der Waals surface area contributed by atoms with Crippen LogP contribution in [-0.4, -0.2) is 23.4 Å². The van der Waals surface area contributed by atoms with Crippen LogP contribution in [0.25, 0.3) is 0 Å². The van der Waals surface area contributed by atoms with Crippen molar-refractivity contribution < 1.29 is 9.21 Å². The van der Waals surface area contributed by atoms with Gasteiger partial charge < -0.3 is 4.42 Å². The molecule has 2 fully saturated rings. The number of rotatable bonds is 3. The van der Waals surface area contributed by atoms with E-state index in [1.54, 1.807) is 0 Å². The summed E-state index contributed by atoms with van der Waals surface area (Å²) in [6.07, 6.45) is 6.71. The van der Waals surface area contributed by atoms with Gasteiger partial charge in [0.2, 0.25) is 0 Å². The SMILES string of the molecule is Cc1oc(CN2CCC3CCCCC32)cc1C(=O)NN. The number of hydrazine groups is 1. The standard InChI is InChI=1S/C15H23N3O2/c1-10-13(15(19)17-16)8-12(20-10)9-18-7-6-11-4-2-3-5-14(11)18/h8,11,14H,2-7,9,16H2,1H3,(H,17,19). The Morgan fingerprint density at radius 3 is 3.05 bits per heavy atom. The van der Waals surface area contributed by atoms with Gasteiger partial charge in [0.25, 0.3) is 5.91 Å². The van der Waals surface area contributed by atoms with Gasteiger partial charge in [-0.05, 0) is 44.7 Å². The molecular weight excluding hydrogens is 254 g/mol. The molecule has 0 aromatic carbocycles. The first-order valence-corrected chi connectivity index (χ1v) is 7.53. The highest BCUT2D eigenvalue weighted by molar-refractivity contribution is 5.94.